The molecule has 1 aromatic heterocycles. The van der Waals surface area contributed by atoms with Gasteiger partial charge in [0.05, 0.1) is 0 Å². The lowest BCUT2D eigenvalue weighted by atomic mass is 9.96. The number of hydrogen-bond acceptors (Lipinski definition) is 1. The summed E-state index contributed by atoms with van der Waals surface area (Å²) < 4.78 is 28.4. The average Bonchev–Trinajstić information content (AvgIpc) is 2.26. The summed E-state index contributed by atoms with van der Waals surface area (Å²) in [5.41, 5.74) is -0.448. The van der Waals surface area contributed by atoms with Gasteiger partial charge >= 0.3 is 0 Å². The molecule has 0 amide bonds. The van der Waals surface area contributed by atoms with Crippen molar-refractivity contribution in [2.75, 3.05) is 0 Å². The number of halogens is 3. The van der Waals surface area contributed by atoms with Crippen LogP contribution in [-0.2, 0) is 18.4 Å². The number of rotatable bonds is 1. The van der Waals surface area contributed by atoms with E-state index in [0.717, 1.165) is 6.92 Å². The standard InChI is InChI=1S/C10H15BrF2N2/c1-9(2,3)8-14-6(10(4,12)13)7(11)15(8)5/h1-5H3. The fourth-order valence-electron chi connectivity index (χ4n) is 1.43. The molecule has 0 saturated heterocycles. The summed E-state index contributed by atoms with van der Waals surface area (Å²) in [7, 11) is 1.73. The van der Waals surface area contributed by atoms with E-state index in [0.29, 0.717) is 10.4 Å². The van der Waals surface area contributed by atoms with Gasteiger partial charge in [0.1, 0.15) is 16.1 Å². The van der Waals surface area contributed by atoms with Gasteiger partial charge in [0.15, 0.2) is 0 Å². The average molecular weight is 281 g/mol. The van der Waals surface area contributed by atoms with Crippen molar-refractivity contribution in [1.29, 1.82) is 0 Å². The van der Waals surface area contributed by atoms with Gasteiger partial charge in [0, 0.05) is 19.4 Å². The molecule has 0 aromatic carbocycles. The summed E-state index contributed by atoms with van der Waals surface area (Å²) in [5.74, 6) is -2.27. The molecule has 0 N–H and O–H groups in total. The molecule has 0 radical (unpaired) electrons. The van der Waals surface area contributed by atoms with Crippen molar-refractivity contribution in [3.05, 3.63) is 16.1 Å². The van der Waals surface area contributed by atoms with Gasteiger partial charge in [-0.05, 0) is 15.9 Å². The first-order valence-electron chi connectivity index (χ1n) is 4.66. The molecule has 0 aliphatic heterocycles. The van der Waals surface area contributed by atoms with Gasteiger partial charge in [-0.25, -0.2) is 4.98 Å². The van der Waals surface area contributed by atoms with Crippen molar-refractivity contribution < 1.29 is 8.78 Å². The smallest absolute Gasteiger partial charge is 0.289 e. The first-order valence-corrected chi connectivity index (χ1v) is 5.45. The summed E-state index contributed by atoms with van der Waals surface area (Å²) in [4.78, 5) is 4.02. The molecule has 0 fully saturated rings. The second-order valence-electron chi connectivity index (χ2n) is 4.77. The molecule has 0 atom stereocenters. The Morgan fingerprint density at radius 1 is 1.20 bits per heavy atom. The van der Waals surface area contributed by atoms with Crippen molar-refractivity contribution >= 4 is 15.9 Å². The van der Waals surface area contributed by atoms with E-state index in [4.69, 9.17) is 0 Å². The third kappa shape index (κ3) is 2.38. The third-order valence-corrected chi connectivity index (χ3v) is 3.02. The maximum Gasteiger partial charge on any atom is 0.289 e. The third-order valence-electron chi connectivity index (χ3n) is 2.11. The molecule has 2 nitrogen and oxygen atoms in total. The molecule has 86 valence electrons. The first-order chi connectivity index (χ1) is 6.55. The summed E-state index contributed by atoms with van der Waals surface area (Å²) in [6.07, 6.45) is 0. The largest absolute Gasteiger partial charge is 0.325 e. The highest BCUT2D eigenvalue weighted by Crippen LogP contribution is 2.35. The number of nitrogens with zero attached hydrogens (tertiary/aromatic N) is 2. The van der Waals surface area contributed by atoms with Gasteiger partial charge in [-0.1, -0.05) is 20.8 Å². The molecule has 5 heteroatoms. The highest BCUT2D eigenvalue weighted by molar-refractivity contribution is 9.10. The number of imidazole rings is 1. The first kappa shape index (κ1) is 12.6. The van der Waals surface area contributed by atoms with Crippen LogP contribution in [0.25, 0.3) is 0 Å². The number of hydrogen-bond donors (Lipinski definition) is 0. The number of aromatic nitrogens is 2. The van der Waals surface area contributed by atoms with Gasteiger partial charge in [0.25, 0.3) is 5.92 Å². The quantitative estimate of drug-likeness (QED) is 0.769. The van der Waals surface area contributed by atoms with Crippen LogP contribution in [0.5, 0.6) is 0 Å². The maximum absolute atomic E-state index is 13.2. The molecule has 1 heterocycles. The predicted octanol–water partition coefficient (Wildman–Crippen LogP) is 3.59. The Balaban J connectivity index is 3.38. The Labute approximate surface area is 96.8 Å². The Bertz CT molecular complexity index is 337. The zero-order valence-electron chi connectivity index (χ0n) is 9.53. The topological polar surface area (TPSA) is 17.8 Å². The van der Waals surface area contributed by atoms with Gasteiger partial charge in [-0.3, -0.25) is 0 Å². The summed E-state index contributed by atoms with van der Waals surface area (Å²) in [6.45, 7) is 6.69. The van der Waals surface area contributed by atoms with E-state index < -0.39 is 5.92 Å². The van der Waals surface area contributed by atoms with Crippen molar-refractivity contribution in [1.82, 2.24) is 9.55 Å². The minimum atomic E-state index is -2.92. The lowest BCUT2D eigenvalue weighted by Gasteiger charge is -2.17. The van der Waals surface area contributed by atoms with Crippen LogP contribution in [0.15, 0.2) is 4.60 Å². The van der Waals surface area contributed by atoms with Crippen molar-refractivity contribution in [3.63, 3.8) is 0 Å². The Kier molecular flexibility index (Phi) is 2.98. The monoisotopic (exact) mass is 280 g/mol. The minimum Gasteiger partial charge on any atom is -0.325 e. The van der Waals surface area contributed by atoms with E-state index in [9.17, 15) is 8.78 Å². The van der Waals surface area contributed by atoms with Crippen LogP contribution in [-0.4, -0.2) is 9.55 Å². The summed E-state index contributed by atoms with van der Waals surface area (Å²) in [6, 6.07) is 0. The van der Waals surface area contributed by atoms with E-state index in [2.05, 4.69) is 20.9 Å². The molecule has 0 unspecified atom stereocenters. The van der Waals surface area contributed by atoms with Crippen LogP contribution in [0.1, 0.15) is 39.2 Å². The Morgan fingerprint density at radius 3 is 1.87 bits per heavy atom. The number of alkyl halides is 2. The maximum atomic E-state index is 13.2. The van der Waals surface area contributed by atoms with E-state index >= 15 is 0 Å². The van der Waals surface area contributed by atoms with Crippen molar-refractivity contribution in [2.45, 2.75) is 39.0 Å². The molecule has 1 aromatic rings. The van der Waals surface area contributed by atoms with E-state index in [1.807, 2.05) is 20.8 Å². The molecule has 0 aliphatic carbocycles. The lowest BCUT2D eigenvalue weighted by molar-refractivity contribution is 0.0121. The van der Waals surface area contributed by atoms with E-state index in [1.54, 1.807) is 11.6 Å². The normalized spacial score (nSPS) is 13.3. The lowest BCUT2D eigenvalue weighted by Crippen LogP contribution is -2.17. The highest BCUT2D eigenvalue weighted by Gasteiger charge is 2.34. The van der Waals surface area contributed by atoms with E-state index in [-0.39, 0.29) is 11.1 Å². The molecule has 1 rings (SSSR count). The van der Waals surface area contributed by atoms with Crippen LogP contribution < -0.4 is 0 Å². The van der Waals surface area contributed by atoms with Gasteiger partial charge in [-0.2, -0.15) is 8.78 Å². The van der Waals surface area contributed by atoms with Crippen LogP contribution in [0.4, 0.5) is 8.78 Å². The zero-order valence-corrected chi connectivity index (χ0v) is 11.1. The van der Waals surface area contributed by atoms with Crippen LogP contribution >= 0.6 is 15.9 Å². The van der Waals surface area contributed by atoms with Crippen LogP contribution in [0.3, 0.4) is 0 Å². The Morgan fingerprint density at radius 2 is 1.67 bits per heavy atom. The fourth-order valence-corrected chi connectivity index (χ4v) is 2.03. The second-order valence-corrected chi connectivity index (χ2v) is 5.52. The molecular weight excluding hydrogens is 266 g/mol. The van der Waals surface area contributed by atoms with Gasteiger partial charge < -0.3 is 4.57 Å². The molecule has 0 aliphatic rings. The Hall–Kier alpha value is -0.450. The molecule has 0 bridgehead atoms. The van der Waals surface area contributed by atoms with E-state index in [1.165, 1.54) is 0 Å². The minimum absolute atomic E-state index is 0.199. The molecule has 0 spiro atoms. The summed E-state index contributed by atoms with van der Waals surface area (Å²) >= 11 is 3.15. The molecule has 0 saturated carbocycles. The van der Waals surface area contributed by atoms with Crippen LogP contribution in [0.2, 0.25) is 0 Å². The van der Waals surface area contributed by atoms with Gasteiger partial charge in [0.2, 0.25) is 0 Å². The zero-order chi connectivity index (χ0) is 12.0. The van der Waals surface area contributed by atoms with Gasteiger partial charge in [-0.15, -0.1) is 0 Å². The SMILES string of the molecule is Cn1c(C(C)(C)C)nc(C(C)(F)F)c1Br. The second kappa shape index (κ2) is 3.54. The highest BCUT2D eigenvalue weighted by atomic mass is 79.9. The summed E-state index contributed by atoms with van der Waals surface area (Å²) in [5, 5.41) is 0. The molecular formula is C10H15BrF2N2. The fraction of sp³-hybridized carbons (Fsp3) is 0.700. The van der Waals surface area contributed by atoms with Crippen molar-refractivity contribution in [3.8, 4) is 0 Å². The van der Waals surface area contributed by atoms with Crippen molar-refractivity contribution in [2.24, 2.45) is 7.05 Å². The van der Waals surface area contributed by atoms with Crippen LogP contribution in [0, 0.1) is 0 Å². The predicted molar refractivity (Wildman–Crippen MR) is 59.2 cm³/mol. The molecule has 15 heavy (non-hydrogen) atoms.